The van der Waals surface area contributed by atoms with E-state index >= 15 is 0 Å². The lowest BCUT2D eigenvalue weighted by Crippen LogP contribution is -2.21. The van der Waals surface area contributed by atoms with Crippen molar-refractivity contribution in [2.75, 3.05) is 12.8 Å². The van der Waals surface area contributed by atoms with Gasteiger partial charge in [-0.15, -0.1) is 5.10 Å². The van der Waals surface area contributed by atoms with Gasteiger partial charge in [0.05, 0.1) is 18.3 Å². The third kappa shape index (κ3) is 1.51. The molecule has 0 spiro atoms. The normalized spacial score (nSPS) is 28.1. The van der Waals surface area contributed by atoms with Crippen LogP contribution in [0.15, 0.2) is 6.20 Å². The molecule has 1 aromatic heterocycles. The third-order valence-corrected chi connectivity index (χ3v) is 2.59. The first-order chi connectivity index (χ1) is 6.31. The van der Waals surface area contributed by atoms with Crippen molar-refractivity contribution >= 4 is 5.82 Å². The Morgan fingerprint density at radius 1 is 1.62 bits per heavy atom. The summed E-state index contributed by atoms with van der Waals surface area (Å²) in [6.45, 7) is 0. The SMILES string of the molecule is COC1CCCC1n1cc(N)nn1. The van der Waals surface area contributed by atoms with Crippen LogP contribution in [0.5, 0.6) is 0 Å². The Morgan fingerprint density at radius 3 is 3.08 bits per heavy atom. The Labute approximate surface area is 76.9 Å². The van der Waals surface area contributed by atoms with Crippen LogP contribution in [0.4, 0.5) is 5.82 Å². The molecule has 0 saturated heterocycles. The summed E-state index contributed by atoms with van der Waals surface area (Å²) in [6.07, 6.45) is 5.41. The van der Waals surface area contributed by atoms with Crippen LogP contribution >= 0.6 is 0 Å². The van der Waals surface area contributed by atoms with Crippen LogP contribution in [-0.2, 0) is 4.74 Å². The lowest BCUT2D eigenvalue weighted by molar-refractivity contribution is 0.0702. The molecule has 2 atom stereocenters. The van der Waals surface area contributed by atoms with Gasteiger partial charge < -0.3 is 10.5 Å². The number of nitrogen functional groups attached to an aromatic ring is 1. The third-order valence-electron chi connectivity index (χ3n) is 2.59. The van der Waals surface area contributed by atoms with Gasteiger partial charge in [0.25, 0.3) is 0 Å². The molecule has 0 aromatic carbocycles. The van der Waals surface area contributed by atoms with Crippen LogP contribution in [0.2, 0.25) is 0 Å². The number of rotatable bonds is 2. The number of anilines is 1. The van der Waals surface area contributed by atoms with E-state index in [1.54, 1.807) is 13.3 Å². The van der Waals surface area contributed by atoms with Gasteiger partial charge >= 0.3 is 0 Å². The van der Waals surface area contributed by atoms with Gasteiger partial charge in [-0.25, -0.2) is 4.68 Å². The highest BCUT2D eigenvalue weighted by Gasteiger charge is 2.29. The summed E-state index contributed by atoms with van der Waals surface area (Å²) in [5.74, 6) is 0.474. The van der Waals surface area contributed by atoms with Crippen LogP contribution in [0.25, 0.3) is 0 Å². The predicted octanol–water partition coefficient (Wildman–Crippen LogP) is 0.600. The van der Waals surface area contributed by atoms with Gasteiger partial charge in [-0.3, -0.25) is 0 Å². The molecule has 1 heterocycles. The molecule has 5 heteroatoms. The fourth-order valence-corrected chi connectivity index (χ4v) is 1.94. The number of nitrogens with two attached hydrogens (primary N) is 1. The van der Waals surface area contributed by atoms with Crippen molar-refractivity contribution in [1.82, 2.24) is 15.0 Å². The summed E-state index contributed by atoms with van der Waals surface area (Å²) >= 11 is 0. The molecule has 1 saturated carbocycles. The lowest BCUT2D eigenvalue weighted by Gasteiger charge is -2.17. The molecule has 1 aromatic rings. The highest BCUT2D eigenvalue weighted by atomic mass is 16.5. The minimum atomic E-state index is 0.265. The molecule has 1 aliphatic carbocycles. The van der Waals surface area contributed by atoms with E-state index in [1.807, 2.05) is 4.68 Å². The molecule has 1 aliphatic rings. The van der Waals surface area contributed by atoms with Gasteiger partial charge in [0.1, 0.15) is 0 Å². The Kier molecular flexibility index (Phi) is 2.18. The van der Waals surface area contributed by atoms with Gasteiger partial charge in [-0.2, -0.15) is 0 Å². The second-order valence-corrected chi connectivity index (χ2v) is 3.40. The van der Waals surface area contributed by atoms with Crippen molar-refractivity contribution in [3.05, 3.63) is 6.20 Å². The second kappa shape index (κ2) is 3.33. The van der Waals surface area contributed by atoms with E-state index < -0.39 is 0 Å². The quantitative estimate of drug-likeness (QED) is 0.727. The van der Waals surface area contributed by atoms with Crippen LogP contribution in [0.3, 0.4) is 0 Å². The molecule has 0 bridgehead atoms. The van der Waals surface area contributed by atoms with Gasteiger partial charge in [-0.1, -0.05) is 5.21 Å². The molecule has 2 rings (SSSR count). The Hall–Kier alpha value is -1.10. The monoisotopic (exact) mass is 182 g/mol. The number of nitrogens with zero attached hydrogens (tertiary/aromatic N) is 3. The van der Waals surface area contributed by atoms with Crippen LogP contribution in [0.1, 0.15) is 25.3 Å². The molecule has 13 heavy (non-hydrogen) atoms. The fraction of sp³-hybridized carbons (Fsp3) is 0.750. The molecule has 72 valence electrons. The zero-order chi connectivity index (χ0) is 9.26. The molecule has 0 radical (unpaired) electrons. The fourth-order valence-electron chi connectivity index (χ4n) is 1.94. The number of methoxy groups -OCH3 is 1. The van der Waals surface area contributed by atoms with Crippen molar-refractivity contribution in [2.45, 2.75) is 31.4 Å². The summed E-state index contributed by atoms with van der Waals surface area (Å²) in [5, 5.41) is 7.72. The number of hydrogen-bond donors (Lipinski definition) is 1. The maximum atomic E-state index is 5.50. The van der Waals surface area contributed by atoms with E-state index in [-0.39, 0.29) is 6.10 Å². The topological polar surface area (TPSA) is 66.0 Å². The van der Waals surface area contributed by atoms with Crippen molar-refractivity contribution in [2.24, 2.45) is 0 Å². The maximum Gasteiger partial charge on any atom is 0.165 e. The van der Waals surface area contributed by atoms with E-state index in [1.165, 1.54) is 6.42 Å². The molecular formula is C8H14N4O. The van der Waals surface area contributed by atoms with E-state index in [4.69, 9.17) is 10.5 Å². The minimum Gasteiger partial charge on any atom is -0.381 e. The molecule has 2 N–H and O–H groups in total. The summed E-state index contributed by atoms with van der Waals surface area (Å²) < 4.78 is 7.17. The van der Waals surface area contributed by atoms with Gasteiger partial charge in [0.2, 0.25) is 0 Å². The molecule has 0 amide bonds. The summed E-state index contributed by atoms with van der Waals surface area (Å²) in [5.41, 5.74) is 5.50. The minimum absolute atomic E-state index is 0.265. The van der Waals surface area contributed by atoms with Crippen molar-refractivity contribution in [3.8, 4) is 0 Å². The maximum absolute atomic E-state index is 5.50. The number of hydrogen-bond acceptors (Lipinski definition) is 4. The Bertz CT molecular complexity index is 285. The van der Waals surface area contributed by atoms with Crippen molar-refractivity contribution in [3.63, 3.8) is 0 Å². The first-order valence-corrected chi connectivity index (χ1v) is 4.51. The Morgan fingerprint density at radius 2 is 2.46 bits per heavy atom. The average Bonchev–Trinajstić information content (AvgIpc) is 2.71. The first kappa shape index (κ1) is 8.50. The van der Waals surface area contributed by atoms with Crippen LogP contribution in [-0.4, -0.2) is 28.2 Å². The highest BCUT2D eigenvalue weighted by Crippen LogP contribution is 2.31. The first-order valence-electron chi connectivity index (χ1n) is 4.51. The van der Waals surface area contributed by atoms with Gasteiger partial charge in [0.15, 0.2) is 5.82 Å². The van der Waals surface area contributed by atoms with Crippen molar-refractivity contribution < 1.29 is 4.74 Å². The summed E-state index contributed by atoms with van der Waals surface area (Å²) in [6, 6.07) is 0.315. The Balaban J connectivity index is 2.15. The zero-order valence-electron chi connectivity index (χ0n) is 7.68. The van der Waals surface area contributed by atoms with E-state index in [9.17, 15) is 0 Å². The summed E-state index contributed by atoms with van der Waals surface area (Å²) in [4.78, 5) is 0. The molecule has 1 fully saturated rings. The molecule has 5 nitrogen and oxygen atoms in total. The second-order valence-electron chi connectivity index (χ2n) is 3.40. The predicted molar refractivity (Wildman–Crippen MR) is 48.1 cm³/mol. The molecule has 0 aliphatic heterocycles. The molecular weight excluding hydrogens is 168 g/mol. The summed E-state index contributed by atoms with van der Waals surface area (Å²) in [7, 11) is 1.74. The van der Waals surface area contributed by atoms with Gasteiger partial charge in [0, 0.05) is 7.11 Å². The smallest absolute Gasteiger partial charge is 0.165 e. The number of aromatic nitrogens is 3. The van der Waals surface area contributed by atoms with Crippen molar-refractivity contribution in [1.29, 1.82) is 0 Å². The van der Waals surface area contributed by atoms with E-state index in [2.05, 4.69) is 10.3 Å². The van der Waals surface area contributed by atoms with Gasteiger partial charge in [-0.05, 0) is 19.3 Å². The van der Waals surface area contributed by atoms with Crippen LogP contribution < -0.4 is 5.73 Å². The van der Waals surface area contributed by atoms with Crippen LogP contribution in [0, 0.1) is 0 Å². The highest BCUT2D eigenvalue weighted by molar-refractivity contribution is 5.20. The number of ether oxygens (including phenoxy) is 1. The zero-order valence-corrected chi connectivity index (χ0v) is 7.68. The molecule has 2 unspecified atom stereocenters. The standard InChI is InChI=1S/C8H14N4O/c1-13-7-4-2-3-6(7)12-5-8(9)10-11-12/h5-7H,2-4,9H2,1H3. The lowest BCUT2D eigenvalue weighted by atomic mass is 10.2. The van der Waals surface area contributed by atoms with E-state index in [0.717, 1.165) is 12.8 Å². The average molecular weight is 182 g/mol. The largest absolute Gasteiger partial charge is 0.381 e. The van der Waals surface area contributed by atoms with E-state index in [0.29, 0.717) is 11.9 Å².